The van der Waals surface area contributed by atoms with Crippen LogP contribution in [0.25, 0.3) is 11.3 Å². The Labute approximate surface area is 195 Å². The maximum atomic E-state index is 14.2. The summed E-state index contributed by atoms with van der Waals surface area (Å²) in [5, 5.41) is 7.97. The van der Waals surface area contributed by atoms with Gasteiger partial charge in [-0.1, -0.05) is 48.0 Å². The summed E-state index contributed by atoms with van der Waals surface area (Å²) >= 11 is 6.06. The molecule has 5 nitrogen and oxygen atoms in total. The number of rotatable bonds is 6. The standard InChI is InChI=1S/C26H21ClFN3O2/c1-33-21-11-5-16(6-12-21)13-14-31-25(18-3-2-4-20(28)15-18)22-23(29-30-24(22)26(31)32)17-7-9-19(27)10-8-17/h2-12,15,25H,13-14H2,1H3,(H,29,30). The first-order valence-corrected chi connectivity index (χ1v) is 11.0. The van der Waals surface area contributed by atoms with Crippen LogP contribution in [0.2, 0.25) is 5.02 Å². The number of amides is 1. The summed E-state index contributed by atoms with van der Waals surface area (Å²) in [6, 6.07) is 21.0. The number of carbonyl (C=O) groups excluding carboxylic acids is 1. The molecule has 1 aliphatic rings. The van der Waals surface area contributed by atoms with E-state index in [1.54, 1.807) is 30.2 Å². The molecule has 2 heterocycles. The number of aromatic amines is 1. The lowest BCUT2D eigenvalue weighted by Gasteiger charge is -2.26. The highest BCUT2D eigenvalue weighted by Crippen LogP contribution is 2.43. The third-order valence-electron chi connectivity index (χ3n) is 5.95. The van der Waals surface area contributed by atoms with Crippen molar-refractivity contribution < 1.29 is 13.9 Å². The van der Waals surface area contributed by atoms with Gasteiger partial charge in [-0.3, -0.25) is 9.89 Å². The van der Waals surface area contributed by atoms with Gasteiger partial charge in [-0.05, 0) is 53.9 Å². The summed E-state index contributed by atoms with van der Waals surface area (Å²) < 4.78 is 19.4. The number of hydrogen-bond donors (Lipinski definition) is 1. The van der Waals surface area contributed by atoms with E-state index in [9.17, 15) is 9.18 Å². The van der Waals surface area contributed by atoms with Crippen LogP contribution in [0, 0.1) is 5.82 Å². The zero-order chi connectivity index (χ0) is 22.9. The van der Waals surface area contributed by atoms with Gasteiger partial charge in [0.15, 0.2) is 0 Å². The van der Waals surface area contributed by atoms with Gasteiger partial charge < -0.3 is 9.64 Å². The lowest BCUT2D eigenvalue weighted by atomic mass is 9.96. The zero-order valence-electron chi connectivity index (χ0n) is 17.9. The van der Waals surface area contributed by atoms with Gasteiger partial charge >= 0.3 is 0 Å². The van der Waals surface area contributed by atoms with Gasteiger partial charge in [0.05, 0.1) is 18.8 Å². The number of hydrogen-bond acceptors (Lipinski definition) is 3. The van der Waals surface area contributed by atoms with Gasteiger partial charge in [-0.15, -0.1) is 0 Å². The molecule has 0 bridgehead atoms. The molecule has 0 spiro atoms. The van der Waals surface area contributed by atoms with Crippen LogP contribution < -0.4 is 4.74 Å². The number of methoxy groups -OCH3 is 1. The molecule has 1 amide bonds. The van der Waals surface area contributed by atoms with Crippen molar-refractivity contribution in [2.45, 2.75) is 12.5 Å². The molecule has 0 saturated carbocycles. The number of aromatic nitrogens is 2. The summed E-state index contributed by atoms with van der Waals surface area (Å²) in [7, 11) is 1.63. The van der Waals surface area contributed by atoms with Crippen molar-refractivity contribution in [3.63, 3.8) is 0 Å². The van der Waals surface area contributed by atoms with Gasteiger partial charge in [-0.2, -0.15) is 5.10 Å². The molecular weight excluding hydrogens is 441 g/mol. The summed E-state index contributed by atoms with van der Waals surface area (Å²) in [6.45, 7) is 0.467. The number of fused-ring (bicyclic) bond motifs is 1. The Morgan fingerprint density at radius 3 is 2.55 bits per heavy atom. The molecule has 33 heavy (non-hydrogen) atoms. The number of carbonyl (C=O) groups is 1. The fourth-order valence-electron chi connectivity index (χ4n) is 4.32. The Balaban J connectivity index is 1.53. The summed E-state index contributed by atoms with van der Waals surface area (Å²) in [6.07, 6.45) is 0.648. The molecule has 7 heteroatoms. The monoisotopic (exact) mass is 461 g/mol. The molecule has 166 valence electrons. The Morgan fingerprint density at radius 1 is 1.09 bits per heavy atom. The number of ether oxygens (including phenoxy) is 1. The van der Waals surface area contributed by atoms with Crippen LogP contribution in [0.4, 0.5) is 4.39 Å². The normalized spacial score (nSPS) is 15.1. The van der Waals surface area contributed by atoms with Crippen LogP contribution in [0.1, 0.15) is 33.2 Å². The molecule has 1 atom stereocenters. The second kappa shape index (κ2) is 8.71. The Morgan fingerprint density at radius 2 is 1.85 bits per heavy atom. The van der Waals surface area contributed by atoms with E-state index in [1.165, 1.54) is 12.1 Å². The first-order valence-electron chi connectivity index (χ1n) is 10.6. The molecule has 0 radical (unpaired) electrons. The van der Waals surface area contributed by atoms with Crippen LogP contribution in [-0.4, -0.2) is 34.7 Å². The van der Waals surface area contributed by atoms with Crippen molar-refractivity contribution in [3.8, 4) is 17.0 Å². The highest BCUT2D eigenvalue weighted by Gasteiger charge is 2.42. The predicted molar refractivity (Wildman–Crippen MR) is 125 cm³/mol. The Bertz CT molecular complexity index is 1300. The van der Waals surface area contributed by atoms with E-state index in [1.807, 2.05) is 42.5 Å². The molecule has 0 saturated heterocycles. The quantitative estimate of drug-likeness (QED) is 0.402. The van der Waals surface area contributed by atoms with E-state index in [4.69, 9.17) is 16.3 Å². The van der Waals surface area contributed by atoms with Crippen LogP contribution >= 0.6 is 11.6 Å². The molecule has 1 aliphatic heterocycles. The molecule has 1 N–H and O–H groups in total. The Kier molecular flexibility index (Phi) is 5.60. The molecule has 0 aliphatic carbocycles. The predicted octanol–water partition coefficient (Wildman–Crippen LogP) is 5.67. The van der Waals surface area contributed by atoms with Gasteiger partial charge in [0.1, 0.15) is 17.3 Å². The van der Waals surface area contributed by atoms with Crippen LogP contribution in [-0.2, 0) is 6.42 Å². The summed E-state index contributed by atoms with van der Waals surface area (Å²) in [5.74, 6) is 0.280. The van der Waals surface area contributed by atoms with Crippen molar-refractivity contribution in [1.82, 2.24) is 15.1 Å². The summed E-state index contributed by atoms with van der Waals surface area (Å²) in [5.41, 5.74) is 4.47. The van der Waals surface area contributed by atoms with E-state index >= 15 is 0 Å². The first kappa shape index (κ1) is 21.2. The molecular formula is C26H21ClFN3O2. The average molecular weight is 462 g/mol. The second-order valence-electron chi connectivity index (χ2n) is 7.92. The van der Waals surface area contributed by atoms with Crippen LogP contribution in [0.5, 0.6) is 5.75 Å². The number of nitrogens with zero attached hydrogens (tertiary/aromatic N) is 2. The van der Waals surface area contributed by atoms with Gasteiger partial charge in [-0.25, -0.2) is 4.39 Å². The Hall–Kier alpha value is -3.64. The van der Waals surface area contributed by atoms with Crippen molar-refractivity contribution in [3.05, 3.63) is 106 Å². The number of benzene rings is 3. The van der Waals surface area contributed by atoms with E-state index in [-0.39, 0.29) is 11.7 Å². The van der Waals surface area contributed by atoms with E-state index in [0.29, 0.717) is 34.9 Å². The average Bonchev–Trinajstić information content (AvgIpc) is 3.37. The fraction of sp³-hybridized carbons (Fsp3) is 0.154. The highest BCUT2D eigenvalue weighted by molar-refractivity contribution is 6.30. The molecule has 0 fully saturated rings. The third-order valence-corrected chi connectivity index (χ3v) is 6.20. The zero-order valence-corrected chi connectivity index (χ0v) is 18.6. The number of nitrogens with one attached hydrogen (secondary N) is 1. The SMILES string of the molecule is COc1ccc(CCN2C(=O)c3[nH]nc(-c4ccc(Cl)cc4)c3C2c2cccc(F)c2)cc1. The molecule has 4 aromatic rings. The van der Waals surface area contributed by atoms with E-state index in [0.717, 1.165) is 22.4 Å². The topological polar surface area (TPSA) is 58.2 Å². The number of H-pyrrole nitrogens is 1. The van der Waals surface area contributed by atoms with Crippen molar-refractivity contribution in [1.29, 1.82) is 0 Å². The van der Waals surface area contributed by atoms with Crippen LogP contribution in [0.3, 0.4) is 0 Å². The van der Waals surface area contributed by atoms with Crippen molar-refractivity contribution in [2.24, 2.45) is 0 Å². The van der Waals surface area contributed by atoms with E-state index < -0.39 is 6.04 Å². The maximum Gasteiger partial charge on any atom is 0.273 e. The van der Waals surface area contributed by atoms with Crippen molar-refractivity contribution >= 4 is 17.5 Å². The minimum Gasteiger partial charge on any atom is -0.497 e. The lowest BCUT2D eigenvalue weighted by molar-refractivity contribution is 0.0745. The minimum atomic E-state index is -0.453. The minimum absolute atomic E-state index is 0.152. The maximum absolute atomic E-state index is 14.2. The third kappa shape index (κ3) is 3.98. The molecule has 5 rings (SSSR count). The summed E-state index contributed by atoms with van der Waals surface area (Å²) in [4.78, 5) is 15.2. The van der Waals surface area contributed by atoms with Crippen LogP contribution in [0.15, 0.2) is 72.8 Å². The van der Waals surface area contributed by atoms with Gasteiger partial charge in [0, 0.05) is 22.7 Å². The largest absolute Gasteiger partial charge is 0.497 e. The van der Waals surface area contributed by atoms with E-state index in [2.05, 4.69) is 10.2 Å². The lowest BCUT2D eigenvalue weighted by Crippen LogP contribution is -2.31. The molecule has 3 aromatic carbocycles. The first-order chi connectivity index (χ1) is 16.0. The molecule has 1 unspecified atom stereocenters. The smallest absolute Gasteiger partial charge is 0.273 e. The second-order valence-corrected chi connectivity index (χ2v) is 8.36. The highest BCUT2D eigenvalue weighted by atomic mass is 35.5. The van der Waals surface area contributed by atoms with Gasteiger partial charge in [0.2, 0.25) is 0 Å². The number of halogens is 2. The molecule has 1 aromatic heterocycles. The van der Waals surface area contributed by atoms with Crippen molar-refractivity contribution in [2.75, 3.05) is 13.7 Å². The van der Waals surface area contributed by atoms with Gasteiger partial charge in [0.25, 0.3) is 5.91 Å². The fourth-order valence-corrected chi connectivity index (χ4v) is 4.45.